The summed E-state index contributed by atoms with van der Waals surface area (Å²) in [6.07, 6.45) is 2.57. The Balaban J connectivity index is -0.000000845. The van der Waals surface area contributed by atoms with E-state index in [4.69, 9.17) is 0 Å². The van der Waals surface area contributed by atoms with E-state index in [1.807, 2.05) is 13.8 Å². The number of aliphatic carboxylic acids is 2. The van der Waals surface area contributed by atoms with Crippen molar-refractivity contribution in [2.45, 2.75) is 39.5 Å². The molecular formula is C10H16K2O4. The Morgan fingerprint density at radius 1 is 0.938 bits per heavy atom. The first kappa shape index (κ1) is 23.3. The zero-order valence-corrected chi connectivity index (χ0v) is 16.9. The van der Waals surface area contributed by atoms with Crippen molar-refractivity contribution in [2.75, 3.05) is 0 Å². The minimum Gasteiger partial charge on any atom is -0.549 e. The molecule has 0 spiro atoms. The molecule has 0 fully saturated rings. The van der Waals surface area contributed by atoms with Gasteiger partial charge in [-0.2, -0.15) is 0 Å². The van der Waals surface area contributed by atoms with Crippen molar-refractivity contribution in [1.29, 1.82) is 0 Å². The van der Waals surface area contributed by atoms with Crippen molar-refractivity contribution in [3.05, 3.63) is 0 Å². The summed E-state index contributed by atoms with van der Waals surface area (Å²) in [5.74, 6) is -4.17. The summed E-state index contributed by atoms with van der Waals surface area (Å²) in [6.45, 7) is 4.00. The summed E-state index contributed by atoms with van der Waals surface area (Å²) in [7, 11) is 0. The Bertz CT molecular complexity index is 191. The zero-order valence-electron chi connectivity index (χ0n) is 10.6. The van der Waals surface area contributed by atoms with E-state index >= 15 is 0 Å². The van der Waals surface area contributed by atoms with Crippen LogP contribution < -0.4 is 113 Å². The zero-order chi connectivity index (χ0) is 11.1. The normalized spacial score (nSPS) is 9.50. The van der Waals surface area contributed by atoms with Gasteiger partial charge in [-0.25, -0.2) is 0 Å². The molecule has 0 unspecified atom stereocenters. The van der Waals surface area contributed by atoms with Gasteiger partial charge in [0.1, 0.15) is 0 Å². The standard InChI is InChI=1S/C10H18O4.2K/c1-3-7(4-2)5-6-8(9(11)12)10(13)14;;/h7-8H,3-6H2,1-2H3,(H,11,12)(H,13,14);;/q;2*+1/p-2. The van der Waals surface area contributed by atoms with Gasteiger partial charge >= 0.3 is 103 Å². The predicted octanol–water partition coefficient (Wildman–Crippen LogP) is -6.67. The number of hydrogen-bond acceptors (Lipinski definition) is 4. The summed E-state index contributed by atoms with van der Waals surface area (Å²) in [5.41, 5.74) is 0. The van der Waals surface area contributed by atoms with Gasteiger partial charge < -0.3 is 19.8 Å². The van der Waals surface area contributed by atoms with E-state index in [1.54, 1.807) is 0 Å². The van der Waals surface area contributed by atoms with Crippen LogP contribution in [0.1, 0.15) is 39.5 Å². The van der Waals surface area contributed by atoms with Gasteiger partial charge in [0, 0.05) is 5.92 Å². The van der Waals surface area contributed by atoms with Gasteiger partial charge in [0.2, 0.25) is 0 Å². The quantitative estimate of drug-likeness (QED) is 0.342. The van der Waals surface area contributed by atoms with Crippen LogP contribution in [0.5, 0.6) is 0 Å². The van der Waals surface area contributed by atoms with Gasteiger partial charge in [0.05, 0.1) is 11.9 Å². The smallest absolute Gasteiger partial charge is 0.549 e. The first-order valence-corrected chi connectivity index (χ1v) is 4.94. The van der Waals surface area contributed by atoms with E-state index in [0.29, 0.717) is 12.3 Å². The molecule has 0 aliphatic carbocycles. The molecule has 6 heteroatoms. The molecule has 0 radical (unpaired) electrons. The molecule has 0 saturated heterocycles. The van der Waals surface area contributed by atoms with Gasteiger partial charge in [0.25, 0.3) is 0 Å². The van der Waals surface area contributed by atoms with Crippen molar-refractivity contribution in [1.82, 2.24) is 0 Å². The Labute approximate surface area is 182 Å². The maximum absolute atomic E-state index is 10.4. The predicted molar refractivity (Wildman–Crippen MR) is 46.8 cm³/mol. The van der Waals surface area contributed by atoms with Crippen LogP contribution in [0.3, 0.4) is 0 Å². The Morgan fingerprint density at radius 2 is 1.31 bits per heavy atom. The van der Waals surface area contributed by atoms with Crippen molar-refractivity contribution >= 4 is 11.9 Å². The van der Waals surface area contributed by atoms with Gasteiger partial charge in [-0.1, -0.05) is 26.7 Å². The van der Waals surface area contributed by atoms with E-state index in [2.05, 4.69) is 0 Å². The largest absolute Gasteiger partial charge is 1.00 e. The fraction of sp³-hybridized carbons (Fsp3) is 0.800. The van der Waals surface area contributed by atoms with Crippen molar-refractivity contribution in [2.24, 2.45) is 11.8 Å². The van der Waals surface area contributed by atoms with Crippen LogP contribution in [0, 0.1) is 11.8 Å². The minimum atomic E-state index is -1.55. The number of carboxylic acids is 2. The molecule has 4 nitrogen and oxygen atoms in total. The summed E-state index contributed by atoms with van der Waals surface area (Å²) in [5, 5.41) is 20.8. The second-order valence-electron chi connectivity index (χ2n) is 3.45. The molecule has 0 aliphatic heterocycles. The van der Waals surface area contributed by atoms with E-state index in [1.165, 1.54) is 0 Å². The molecule has 0 atom stereocenters. The van der Waals surface area contributed by atoms with Crippen LogP contribution >= 0.6 is 0 Å². The number of carbonyl (C=O) groups is 2. The van der Waals surface area contributed by atoms with E-state index in [9.17, 15) is 19.8 Å². The number of hydrogen-bond donors (Lipinski definition) is 0. The maximum Gasteiger partial charge on any atom is 1.00 e. The third-order valence-electron chi connectivity index (χ3n) is 2.59. The first-order valence-electron chi connectivity index (χ1n) is 4.94. The monoisotopic (exact) mass is 278 g/mol. The summed E-state index contributed by atoms with van der Waals surface area (Å²) >= 11 is 0. The molecular weight excluding hydrogens is 262 g/mol. The molecule has 0 aromatic heterocycles. The minimum absolute atomic E-state index is 0. The first-order chi connectivity index (χ1) is 6.52. The molecule has 0 rings (SSSR count). The molecule has 16 heavy (non-hydrogen) atoms. The molecule has 0 N–H and O–H groups in total. The fourth-order valence-corrected chi connectivity index (χ4v) is 1.43. The molecule has 0 aromatic rings. The van der Waals surface area contributed by atoms with Gasteiger partial charge in [-0.15, -0.1) is 0 Å². The second-order valence-corrected chi connectivity index (χ2v) is 3.45. The molecule has 0 heterocycles. The third kappa shape index (κ3) is 10.2. The van der Waals surface area contributed by atoms with Crippen LogP contribution in [0.4, 0.5) is 0 Å². The molecule has 0 amide bonds. The average molecular weight is 278 g/mol. The van der Waals surface area contributed by atoms with Gasteiger partial charge in [0.15, 0.2) is 0 Å². The molecule has 82 valence electrons. The van der Waals surface area contributed by atoms with Crippen LogP contribution in [-0.2, 0) is 9.59 Å². The molecule has 0 aromatic carbocycles. The summed E-state index contributed by atoms with van der Waals surface area (Å²) in [4.78, 5) is 20.8. The van der Waals surface area contributed by atoms with Crippen molar-refractivity contribution in [3.8, 4) is 0 Å². The summed E-state index contributed by atoms with van der Waals surface area (Å²) < 4.78 is 0. The average Bonchev–Trinajstić information content (AvgIpc) is 2.11. The second kappa shape index (κ2) is 13.6. The Morgan fingerprint density at radius 3 is 1.56 bits per heavy atom. The maximum atomic E-state index is 10.4. The Kier molecular flexibility index (Phi) is 19.9. The van der Waals surface area contributed by atoms with Crippen molar-refractivity contribution < 1.29 is 123 Å². The third-order valence-corrected chi connectivity index (χ3v) is 2.59. The number of carbonyl (C=O) groups excluding carboxylic acids is 2. The van der Waals surface area contributed by atoms with Crippen LogP contribution in [0.15, 0.2) is 0 Å². The number of rotatable bonds is 7. The summed E-state index contributed by atoms with van der Waals surface area (Å²) in [6, 6.07) is 0. The van der Waals surface area contributed by atoms with Crippen LogP contribution in [-0.4, -0.2) is 11.9 Å². The van der Waals surface area contributed by atoms with Crippen LogP contribution in [0.2, 0.25) is 0 Å². The molecule has 0 bridgehead atoms. The van der Waals surface area contributed by atoms with Crippen molar-refractivity contribution in [3.63, 3.8) is 0 Å². The SMILES string of the molecule is CCC(CC)CCC(C(=O)[O-])C(=O)[O-].[K+].[K+]. The topological polar surface area (TPSA) is 80.3 Å². The molecule has 0 aliphatic rings. The fourth-order valence-electron chi connectivity index (χ4n) is 1.43. The van der Waals surface area contributed by atoms with Crippen LogP contribution in [0.25, 0.3) is 0 Å². The number of carboxylic acid groups (broad SMARTS) is 2. The van der Waals surface area contributed by atoms with E-state index in [0.717, 1.165) is 12.8 Å². The van der Waals surface area contributed by atoms with E-state index in [-0.39, 0.29) is 109 Å². The Hall–Kier alpha value is 2.21. The van der Waals surface area contributed by atoms with E-state index < -0.39 is 17.9 Å². The van der Waals surface area contributed by atoms with Gasteiger partial charge in [-0.05, 0) is 18.8 Å². The van der Waals surface area contributed by atoms with Gasteiger partial charge in [-0.3, -0.25) is 0 Å². The molecule has 0 saturated carbocycles.